The highest BCUT2D eigenvalue weighted by Gasteiger charge is 2.24. The van der Waals surface area contributed by atoms with Crippen molar-refractivity contribution in [2.75, 3.05) is 0 Å². The zero-order valence-electron chi connectivity index (χ0n) is 19.2. The van der Waals surface area contributed by atoms with Crippen molar-refractivity contribution >= 4 is 11.3 Å². The Morgan fingerprint density at radius 1 is 1.24 bits per heavy atom. The molecule has 1 atom stereocenters. The van der Waals surface area contributed by atoms with E-state index in [-0.39, 0.29) is 12.1 Å². The van der Waals surface area contributed by atoms with E-state index in [2.05, 4.69) is 44.6 Å². The second-order valence-electron chi connectivity index (χ2n) is 8.56. The summed E-state index contributed by atoms with van der Waals surface area (Å²) in [6.45, 7) is 4.58. The molecule has 34 heavy (non-hydrogen) atoms. The van der Waals surface area contributed by atoms with E-state index in [1.165, 1.54) is 11.1 Å². The van der Waals surface area contributed by atoms with Gasteiger partial charge in [0.25, 0.3) is 0 Å². The van der Waals surface area contributed by atoms with E-state index in [4.69, 9.17) is 15.6 Å². The Bertz CT molecular complexity index is 1320. The van der Waals surface area contributed by atoms with E-state index in [0.29, 0.717) is 18.2 Å². The fourth-order valence-electron chi connectivity index (χ4n) is 4.39. The highest BCUT2D eigenvalue weighted by atomic mass is 32.1. The van der Waals surface area contributed by atoms with Crippen LogP contribution in [0, 0.1) is 12.3 Å². The highest BCUT2D eigenvalue weighted by Crippen LogP contribution is 2.39. The van der Waals surface area contributed by atoms with Gasteiger partial charge >= 0.3 is 0 Å². The van der Waals surface area contributed by atoms with Gasteiger partial charge in [-0.2, -0.15) is 0 Å². The third-order valence-corrected chi connectivity index (χ3v) is 6.90. The number of fused-ring (bicyclic) bond motifs is 1. The number of nitrogens with one attached hydrogen (secondary N) is 1. The molecule has 4 aromatic rings. The van der Waals surface area contributed by atoms with E-state index in [0.717, 1.165) is 46.0 Å². The normalized spacial score (nSPS) is 15.2. The van der Waals surface area contributed by atoms with Gasteiger partial charge in [-0.1, -0.05) is 35.5 Å². The standard InChI is InChI=1S/C27H26N4O2S/c1-4-18-15-19(11-12-24(18)33-17(2)3)26-30-31-27(34-26)22-9-5-8-21-20(22)7-6-10-23(21)29-16-25-28-13-14-32-25/h1,5,8-9,11-15,17,23,29H,6-7,10,16H2,2-3H3. The number of ether oxygens (including phenoxy) is 1. The molecule has 1 unspecified atom stereocenters. The van der Waals surface area contributed by atoms with Crippen LogP contribution in [0.1, 0.15) is 55.3 Å². The van der Waals surface area contributed by atoms with Crippen LogP contribution in [0.25, 0.3) is 21.1 Å². The second-order valence-corrected chi connectivity index (χ2v) is 9.54. The van der Waals surface area contributed by atoms with Crippen LogP contribution >= 0.6 is 11.3 Å². The largest absolute Gasteiger partial charge is 0.490 e. The molecule has 0 bridgehead atoms. The second kappa shape index (κ2) is 9.80. The molecular weight excluding hydrogens is 444 g/mol. The summed E-state index contributed by atoms with van der Waals surface area (Å²) in [4.78, 5) is 4.22. The molecule has 0 saturated carbocycles. The van der Waals surface area contributed by atoms with Gasteiger partial charge in [0.1, 0.15) is 22.0 Å². The van der Waals surface area contributed by atoms with Gasteiger partial charge in [0.2, 0.25) is 5.89 Å². The summed E-state index contributed by atoms with van der Waals surface area (Å²) in [5.41, 5.74) is 5.48. The van der Waals surface area contributed by atoms with Crippen molar-refractivity contribution < 1.29 is 9.15 Å². The van der Waals surface area contributed by atoms with Gasteiger partial charge in [0.15, 0.2) is 0 Å². The van der Waals surface area contributed by atoms with E-state index >= 15 is 0 Å². The predicted molar refractivity (Wildman–Crippen MR) is 134 cm³/mol. The van der Waals surface area contributed by atoms with Crippen molar-refractivity contribution in [1.29, 1.82) is 0 Å². The fraction of sp³-hybridized carbons (Fsp3) is 0.296. The number of oxazole rings is 1. The maximum Gasteiger partial charge on any atom is 0.207 e. The first-order valence-corrected chi connectivity index (χ1v) is 12.3. The molecular formula is C27H26N4O2S. The third kappa shape index (κ3) is 4.60. The highest BCUT2D eigenvalue weighted by molar-refractivity contribution is 7.17. The van der Waals surface area contributed by atoms with Crippen molar-refractivity contribution in [3.05, 3.63) is 71.4 Å². The average molecular weight is 471 g/mol. The quantitative estimate of drug-likeness (QED) is 0.344. The molecule has 2 aromatic carbocycles. The Labute approximate surface area is 203 Å². The maximum absolute atomic E-state index is 5.83. The Morgan fingerprint density at radius 2 is 2.12 bits per heavy atom. The average Bonchev–Trinajstić information content (AvgIpc) is 3.55. The molecule has 1 aliphatic carbocycles. The van der Waals surface area contributed by atoms with Crippen LogP contribution in [0.2, 0.25) is 0 Å². The molecule has 0 aliphatic heterocycles. The summed E-state index contributed by atoms with van der Waals surface area (Å²) in [5, 5.41) is 14.4. The molecule has 1 aliphatic rings. The Balaban J connectivity index is 1.42. The van der Waals surface area contributed by atoms with E-state index < -0.39 is 0 Å². The van der Waals surface area contributed by atoms with Crippen LogP contribution < -0.4 is 10.1 Å². The van der Waals surface area contributed by atoms with Crippen LogP contribution in [-0.2, 0) is 13.0 Å². The summed E-state index contributed by atoms with van der Waals surface area (Å²) in [5.74, 6) is 4.15. The van der Waals surface area contributed by atoms with Crippen molar-refractivity contribution in [3.8, 4) is 39.2 Å². The van der Waals surface area contributed by atoms with Crippen LogP contribution in [0.5, 0.6) is 5.75 Å². The topological polar surface area (TPSA) is 73.1 Å². The zero-order valence-corrected chi connectivity index (χ0v) is 20.1. The number of nitrogens with zero attached hydrogens (tertiary/aromatic N) is 3. The van der Waals surface area contributed by atoms with Crippen molar-refractivity contribution in [1.82, 2.24) is 20.5 Å². The first-order chi connectivity index (χ1) is 16.6. The summed E-state index contributed by atoms with van der Waals surface area (Å²) < 4.78 is 11.2. The first kappa shape index (κ1) is 22.3. The number of hydrogen-bond donors (Lipinski definition) is 1. The molecule has 7 heteroatoms. The van der Waals surface area contributed by atoms with Gasteiger partial charge in [-0.05, 0) is 62.4 Å². The lowest BCUT2D eigenvalue weighted by Crippen LogP contribution is -2.25. The van der Waals surface area contributed by atoms with Crippen LogP contribution in [0.15, 0.2) is 53.3 Å². The lowest BCUT2D eigenvalue weighted by molar-refractivity contribution is 0.242. The van der Waals surface area contributed by atoms with E-state index in [1.54, 1.807) is 23.8 Å². The number of aromatic nitrogens is 3. The molecule has 0 spiro atoms. The number of rotatable bonds is 7. The SMILES string of the molecule is C#Cc1cc(-c2nnc(-c3cccc4c3CCCC4NCc3ncco3)s2)ccc1OC(C)C. The molecule has 2 heterocycles. The van der Waals surface area contributed by atoms with Crippen LogP contribution in [0.3, 0.4) is 0 Å². The summed E-state index contributed by atoms with van der Waals surface area (Å²) in [7, 11) is 0. The molecule has 0 radical (unpaired) electrons. The summed E-state index contributed by atoms with van der Waals surface area (Å²) in [6, 6.07) is 12.6. The van der Waals surface area contributed by atoms with Crippen LogP contribution in [-0.4, -0.2) is 21.3 Å². The molecule has 5 rings (SSSR count). The van der Waals surface area contributed by atoms with Gasteiger partial charge < -0.3 is 14.5 Å². The van der Waals surface area contributed by atoms with Crippen molar-refractivity contribution in [2.24, 2.45) is 0 Å². The molecule has 6 nitrogen and oxygen atoms in total. The molecule has 0 saturated heterocycles. The Hall–Kier alpha value is -3.47. The summed E-state index contributed by atoms with van der Waals surface area (Å²) in [6.07, 6.45) is 12.3. The van der Waals surface area contributed by atoms with Crippen molar-refractivity contribution in [3.63, 3.8) is 0 Å². The lowest BCUT2D eigenvalue weighted by Gasteiger charge is -2.27. The van der Waals surface area contributed by atoms with Crippen molar-refractivity contribution in [2.45, 2.75) is 51.8 Å². The van der Waals surface area contributed by atoms with Gasteiger partial charge in [-0.3, -0.25) is 0 Å². The molecule has 172 valence electrons. The van der Waals surface area contributed by atoms with Gasteiger partial charge in [0.05, 0.1) is 24.4 Å². The van der Waals surface area contributed by atoms with Gasteiger partial charge in [0, 0.05) is 17.2 Å². The smallest absolute Gasteiger partial charge is 0.207 e. The molecule has 0 fully saturated rings. The van der Waals surface area contributed by atoms with Gasteiger partial charge in [-0.15, -0.1) is 16.6 Å². The van der Waals surface area contributed by atoms with E-state index in [1.807, 2.05) is 32.0 Å². The monoisotopic (exact) mass is 470 g/mol. The lowest BCUT2D eigenvalue weighted by atomic mass is 9.85. The first-order valence-electron chi connectivity index (χ1n) is 11.5. The Morgan fingerprint density at radius 3 is 2.91 bits per heavy atom. The number of terminal acetylenes is 1. The van der Waals surface area contributed by atoms with Crippen LogP contribution in [0.4, 0.5) is 0 Å². The minimum atomic E-state index is 0.0593. The molecule has 2 aromatic heterocycles. The Kier molecular flexibility index (Phi) is 6.43. The predicted octanol–water partition coefficient (Wildman–Crippen LogP) is 5.80. The number of benzene rings is 2. The zero-order chi connectivity index (χ0) is 23.5. The minimum absolute atomic E-state index is 0.0593. The summed E-state index contributed by atoms with van der Waals surface area (Å²) >= 11 is 1.59. The third-order valence-electron chi connectivity index (χ3n) is 5.89. The molecule has 0 amide bonds. The fourth-order valence-corrected chi connectivity index (χ4v) is 5.29. The molecule has 1 N–H and O–H groups in total. The van der Waals surface area contributed by atoms with E-state index in [9.17, 15) is 0 Å². The van der Waals surface area contributed by atoms with Gasteiger partial charge in [-0.25, -0.2) is 4.98 Å². The number of hydrogen-bond acceptors (Lipinski definition) is 7. The maximum atomic E-state index is 5.83. The minimum Gasteiger partial charge on any atom is -0.490 e.